The lowest BCUT2D eigenvalue weighted by molar-refractivity contribution is 0.199. The summed E-state index contributed by atoms with van der Waals surface area (Å²) in [7, 11) is 1.71. The summed E-state index contributed by atoms with van der Waals surface area (Å²) in [6, 6.07) is 0. The van der Waals surface area contributed by atoms with E-state index in [9.17, 15) is 0 Å². The number of nitrogens with one attached hydrogen (secondary N) is 1. The van der Waals surface area contributed by atoms with E-state index >= 15 is 0 Å². The molecule has 1 heterocycles. The van der Waals surface area contributed by atoms with Crippen molar-refractivity contribution in [3.05, 3.63) is 15.9 Å². The molecule has 0 unspecified atom stereocenters. The largest absolute Gasteiger partial charge is 0.383 e. The molecule has 5 heteroatoms. The van der Waals surface area contributed by atoms with Crippen molar-refractivity contribution >= 4 is 15.9 Å². The summed E-state index contributed by atoms with van der Waals surface area (Å²) < 4.78 is 8.09. The van der Waals surface area contributed by atoms with E-state index in [4.69, 9.17) is 4.74 Å². The van der Waals surface area contributed by atoms with E-state index in [0.29, 0.717) is 0 Å². The van der Waals surface area contributed by atoms with Gasteiger partial charge in [-0.2, -0.15) is 5.10 Å². The summed E-state index contributed by atoms with van der Waals surface area (Å²) >= 11 is 3.56. The molecule has 0 aliphatic heterocycles. The Kier molecular flexibility index (Phi) is 5.28. The molecule has 0 aromatic carbocycles. The van der Waals surface area contributed by atoms with Crippen LogP contribution >= 0.6 is 15.9 Å². The van der Waals surface area contributed by atoms with Gasteiger partial charge in [0.25, 0.3) is 0 Å². The Hall–Kier alpha value is -0.390. The van der Waals surface area contributed by atoms with Gasteiger partial charge < -0.3 is 10.1 Å². The van der Waals surface area contributed by atoms with Gasteiger partial charge in [0.05, 0.1) is 22.5 Å². The van der Waals surface area contributed by atoms with E-state index in [0.717, 1.165) is 36.4 Å². The molecule has 4 nitrogen and oxygen atoms in total. The fourth-order valence-corrected chi connectivity index (χ4v) is 1.84. The minimum atomic E-state index is 0.733. The number of aromatic nitrogens is 2. The first-order valence-electron chi connectivity index (χ1n) is 5.12. The maximum absolute atomic E-state index is 4.98. The van der Waals surface area contributed by atoms with Crippen LogP contribution in [0.4, 0.5) is 0 Å². The van der Waals surface area contributed by atoms with Crippen molar-refractivity contribution in [1.29, 1.82) is 0 Å². The third-order valence-electron chi connectivity index (χ3n) is 2.23. The van der Waals surface area contributed by atoms with Crippen LogP contribution in [0.2, 0.25) is 0 Å². The summed E-state index contributed by atoms with van der Waals surface area (Å²) in [5.41, 5.74) is 2.24. The molecular weight excluding hydrogens is 258 g/mol. The quantitative estimate of drug-likeness (QED) is 0.804. The van der Waals surface area contributed by atoms with Crippen LogP contribution in [0.1, 0.15) is 18.3 Å². The van der Waals surface area contributed by atoms with Crippen molar-refractivity contribution in [1.82, 2.24) is 15.1 Å². The van der Waals surface area contributed by atoms with Crippen LogP contribution in [-0.2, 0) is 17.8 Å². The number of methoxy groups -OCH3 is 1. The molecule has 0 bridgehead atoms. The number of halogens is 1. The van der Waals surface area contributed by atoms with E-state index in [1.807, 2.05) is 11.6 Å². The van der Waals surface area contributed by atoms with Gasteiger partial charge >= 0.3 is 0 Å². The van der Waals surface area contributed by atoms with Gasteiger partial charge in [-0.05, 0) is 29.8 Å². The third kappa shape index (κ3) is 3.29. The molecule has 1 aromatic heterocycles. The van der Waals surface area contributed by atoms with Gasteiger partial charge in [-0.25, -0.2) is 0 Å². The van der Waals surface area contributed by atoms with Crippen LogP contribution in [-0.4, -0.2) is 30.0 Å². The first-order chi connectivity index (χ1) is 7.20. The number of aryl methyl sites for hydroxylation is 2. The summed E-state index contributed by atoms with van der Waals surface area (Å²) in [5.74, 6) is 0. The normalized spacial score (nSPS) is 10.9. The highest BCUT2D eigenvalue weighted by Crippen LogP contribution is 2.20. The second kappa shape index (κ2) is 6.25. The molecule has 0 spiro atoms. The molecular formula is C10H18BrN3O. The Morgan fingerprint density at radius 2 is 2.27 bits per heavy atom. The zero-order chi connectivity index (χ0) is 11.3. The molecule has 0 atom stereocenters. The predicted molar refractivity (Wildman–Crippen MR) is 63.9 cm³/mol. The van der Waals surface area contributed by atoms with E-state index in [-0.39, 0.29) is 0 Å². The lowest BCUT2D eigenvalue weighted by Gasteiger charge is -2.06. The summed E-state index contributed by atoms with van der Waals surface area (Å²) in [5, 5.41) is 7.74. The van der Waals surface area contributed by atoms with Crippen molar-refractivity contribution in [2.75, 3.05) is 20.3 Å². The Morgan fingerprint density at radius 3 is 2.87 bits per heavy atom. The highest BCUT2D eigenvalue weighted by atomic mass is 79.9. The average molecular weight is 276 g/mol. The molecule has 1 aromatic rings. The maximum Gasteiger partial charge on any atom is 0.0739 e. The van der Waals surface area contributed by atoms with Crippen LogP contribution < -0.4 is 5.32 Å². The van der Waals surface area contributed by atoms with Crippen molar-refractivity contribution in [3.8, 4) is 0 Å². The molecule has 0 amide bonds. The molecule has 0 saturated carbocycles. The number of hydrogen-bond acceptors (Lipinski definition) is 3. The molecule has 0 fully saturated rings. The van der Waals surface area contributed by atoms with Crippen molar-refractivity contribution in [3.63, 3.8) is 0 Å². The number of ether oxygens (including phenoxy) is 1. The van der Waals surface area contributed by atoms with Crippen LogP contribution in [0.5, 0.6) is 0 Å². The van der Waals surface area contributed by atoms with E-state index in [2.05, 4.69) is 33.3 Å². The zero-order valence-corrected chi connectivity index (χ0v) is 11.1. The zero-order valence-electron chi connectivity index (χ0n) is 9.51. The number of hydrogen-bond donors (Lipinski definition) is 1. The highest BCUT2D eigenvalue weighted by molar-refractivity contribution is 9.10. The molecule has 15 heavy (non-hydrogen) atoms. The fraction of sp³-hybridized carbons (Fsp3) is 0.700. The van der Waals surface area contributed by atoms with Crippen LogP contribution in [0.3, 0.4) is 0 Å². The molecule has 1 rings (SSSR count). The van der Waals surface area contributed by atoms with Gasteiger partial charge in [-0.15, -0.1) is 0 Å². The van der Waals surface area contributed by atoms with Crippen molar-refractivity contribution in [2.24, 2.45) is 0 Å². The lowest BCUT2D eigenvalue weighted by atomic mass is 10.3. The van der Waals surface area contributed by atoms with Gasteiger partial charge in [0.15, 0.2) is 0 Å². The van der Waals surface area contributed by atoms with Crippen molar-refractivity contribution < 1.29 is 4.74 Å². The van der Waals surface area contributed by atoms with Crippen molar-refractivity contribution in [2.45, 2.75) is 26.9 Å². The molecule has 0 radical (unpaired) electrons. The SMILES string of the molecule is CCn1nc(C)c(Br)c1CNCCOC. The summed E-state index contributed by atoms with van der Waals surface area (Å²) in [4.78, 5) is 0. The van der Waals surface area contributed by atoms with Crippen LogP contribution in [0, 0.1) is 6.92 Å². The van der Waals surface area contributed by atoms with E-state index in [1.54, 1.807) is 7.11 Å². The summed E-state index contributed by atoms with van der Waals surface area (Å²) in [6.45, 7) is 7.41. The molecule has 0 aliphatic carbocycles. The average Bonchev–Trinajstić information content (AvgIpc) is 2.51. The van der Waals surface area contributed by atoms with Gasteiger partial charge in [0.2, 0.25) is 0 Å². The van der Waals surface area contributed by atoms with Crippen LogP contribution in [0.25, 0.3) is 0 Å². The van der Waals surface area contributed by atoms with Gasteiger partial charge in [0.1, 0.15) is 0 Å². The molecule has 86 valence electrons. The van der Waals surface area contributed by atoms with Crippen LogP contribution in [0.15, 0.2) is 4.47 Å². The standard InChI is InChI=1S/C10H18BrN3O/c1-4-14-9(7-12-5-6-15-3)10(11)8(2)13-14/h12H,4-7H2,1-3H3. The second-order valence-electron chi connectivity index (χ2n) is 3.33. The Bertz CT molecular complexity index is 312. The molecule has 1 N–H and O–H groups in total. The smallest absolute Gasteiger partial charge is 0.0739 e. The molecule has 0 saturated heterocycles. The first kappa shape index (κ1) is 12.7. The van der Waals surface area contributed by atoms with Gasteiger partial charge in [-0.3, -0.25) is 4.68 Å². The Morgan fingerprint density at radius 1 is 1.53 bits per heavy atom. The number of rotatable bonds is 6. The van der Waals surface area contributed by atoms with E-state index < -0.39 is 0 Å². The minimum Gasteiger partial charge on any atom is -0.383 e. The Labute approximate surface area is 99.1 Å². The maximum atomic E-state index is 4.98. The third-order valence-corrected chi connectivity index (χ3v) is 3.26. The summed E-state index contributed by atoms with van der Waals surface area (Å²) in [6.07, 6.45) is 0. The highest BCUT2D eigenvalue weighted by Gasteiger charge is 2.10. The monoisotopic (exact) mass is 275 g/mol. The second-order valence-corrected chi connectivity index (χ2v) is 4.12. The van der Waals surface area contributed by atoms with Gasteiger partial charge in [-0.1, -0.05) is 0 Å². The topological polar surface area (TPSA) is 39.1 Å². The van der Waals surface area contributed by atoms with Gasteiger partial charge in [0, 0.05) is 26.7 Å². The Balaban J connectivity index is 2.58. The predicted octanol–water partition coefficient (Wildman–Crippen LogP) is 1.71. The lowest BCUT2D eigenvalue weighted by Crippen LogP contribution is -2.20. The fourth-order valence-electron chi connectivity index (χ4n) is 1.42. The first-order valence-corrected chi connectivity index (χ1v) is 5.91. The molecule has 0 aliphatic rings. The van der Waals surface area contributed by atoms with E-state index in [1.165, 1.54) is 5.69 Å². The number of nitrogens with zero attached hydrogens (tertiary/aromatic N) is 2. The minimum absolute atomic E-state index is 0.733.